The molecule has 0 fully saturated rings. The molecule has 0 saturated heterocycles. The topological polar surface area (TPSA) is 17.8 Å². The first-order chi connectivity index (χ1) is 5.83. The fourth-order valence-corrected chi connectivity index (χ4v) is 1.29. The first-order valence-electron chi connectivity index (χ1n) is 3.69. The third-order valence-corrected chi connectivity index (χ3v) is 1.92. The number of nitrogens with zero attached hydrogens (tertiary/aromatic N) is 2. The summed E-state index contributed by atoms with van der Waals surface area (Å²) in [6.45, 7) is 0. The van der Waals surface area contributed by atoms with Crippen molar-refractivity contribution in [1.29, 1.82) is 0 Å². The van der Waals surface area contributed by atoms with E-state index in [1.54, 1.807) is 6.20 Å². The lowest BCUT2D eigenvalue weighted by Gasteiger charge is -1.95. The van der Waals surface area contributed by atoms with Crippen molar-refractivity contribution >= 4 is 11.0 Å². The predicted molar refractivity (Wildman–Crippen MR) is 48.6 cm³/mol. The highest BCUT2D eigenvalue weighted by Gasteiger charge is 2.01. The predicted octanol–water partition coefficient (Wildman–Crippen LogP) is 1.55. The maximum Gasteiger partial charge on any atom is 0.140 e. The Balaban J connectivity index is 2.92. The molecule has 0 atom stereocenters. The molecule has 0 aliphatic carbocycles. The minimum Gasteiger partial charge on any atom is -0.336 e. The second kappa shape index (κ2) is 2.38. The van der Waals surface area contributed by atoms with E-state index in [4.69, 9.17) is 6.42 Å². The molecule has 0 N–H and O–H groups in total. The first kappa shape index (κ1) is 6.93. The Bertz CT molecular complexity index is 460. The minimum absolute atomic E-state index is 0.903. The van der Waals surface area contributed by atoms with Crippen molar-refractivity contribution in [2.75, 3.05) is 0 Å². The van der Waals surface area contributed by atoms with Crippen LogP contribution in [0.25, 0.3) is 11.0 Å². The van der Waals surface area contributed by atoms with Gasteiger partial charge in [0, 0.05) is 30.4 Å². The third kappa shape index (κ3) is 0.802. The molecule has 12 heavy (non-hydrogen) atoms. The molecular weight excluding hydrogens is 148 g/mol. The van der Waals surface area contributed by atoms with Crippen LogP contribution in [0.5, 0.6) is 0 Å². The summed E-state index contributed by atoms with van der Waals surface area (Å²) in [4.78, 5) is 4.22. The van der Waals surface area contributed by atoms with Crippen LogP contribution >= 0.6 is 0 Å². The van der Waals surface area contributed by atoms with Gasteiger partial charge in [0.2, 0.25) is 0 Å². The van der Waals surface area contributed by atoms with Crippen LogP contribution in [-0.4, -0.2) is 9.55 Å². The molecule has 0 radical (unpaired) electrons. The van der Waals surface area contributed by atoms with Crippen LogP contribution in [0.4, 0.5) is 0 Å². The summed E-state index contributed by atoms with van der Waals surface area (Å²) >= 11 is 0. The maximum absolute atomic E-state index is 5.34. The van der Waals surface area contributed by atoms with Crippen LogP contribution in [0.15, 0.2) is 24.5 Å². The maximum atomic E-state index is 5.34. The molecule has 0 saturated carbocycles. The van der Waals surface area contributed by atoms with Crippen LogP contribution in [0.1, 0.15) is 5.56 Å². The van der Waals surface area contributed by atoms with Crippen molar-refractivity contribution in [3.63, 3.8) is 0 Å². The Kier molecular flexibility index (Phi) is 1.38. The highest BCUT2D eigenvalue weighted by atomic mass is 15.0. The van der Waals surface area contributed by atoms with Gasteiger partial charge in [-0.15, -0.1) is 6.42 Å². The Morgan fingerprint density at radius 2 is 2.33 bits per heavy atom. The fraction of sp³-hybridized carbons (Fsp3) is 0.100. The summed E-state index contributed by atoms with van der Waals surface area (Å²) in [6.07, 6.45) is 9.03. The summed E-state index contributed by atoms with van der Waals surface area (Å²) in [5.74, 6) is 2.63. The van der Waals surface area contributed by atoms with E-state index in [0.29, 0.717) is 0 Å². The lowest BCUT2D eigenvalue weighted by atomic mass is 10.2. The van der Waals surface area contributed by atoms with Crippen LogP contribution < -0.4 is 0 Å². The van der Waals surface area contributed by atoms with Crippen LogP contribution in [0.2, 0.25) is 0 Å². The molecule has 0 aliphatic heterocycles. The van der Waals surface area contributed by atoms with Gasteiger partial charge < -0.3 is 4.57 Å². The molecular formula is C10H8N2. The molecule has 2 heteroatoms. The van der Waals surface area contributed by atoms with Crippen LogP contribution in [0, 0.1) is 12.3 Å². The normalized spacial score (nSPS) is 10.0. The van der Waals surface area contributed by atoms with E-state index in [1.165, 1.54) is 0 Å². The van der Waals surface area contributed by atoms with Crippen molar-refractivity contribution in [1.82, 2.24) is 9.55 Å². The average Bonchev–Trinajstić information content (AvgIpc) is 2.48. The van der Waals surface area contributed by atoms with Gasteiger partial charge >= 0.3 is 0 Å². The Labute approximate surface area is 70.8 Å². The molecule has 0 spiro atoms. The Morgan fingerprint density at radius 1 is 1.50 bits per heavy atom. The minimum atomic E-state index is 0.903. The summed E-state index contributed by atoms with van der Waals surface area (Å²) in [5, 5.41) is 1.04. The molecule has 58 valence electrons. The molecule has 2 nitrogen and oxygen atoms in total. The second-order valence-corrected chi connectivity index (χ2v) is 2.67. The molecule has 2 aromatic rings. The number of terminal acetylenes is 1. The number of fused-ring (bicyclic) bond motifs is 1. The van der Waals surface area contributed by atoms with E-state index >= 15 is 0 Å². The van der Waals surface area contributed by atoms with Gasteiger partial charge in [0.05, 0.1) is 0 Å². The van der Waals surface area contributed by atoms with Gasteiger partial charge in [-0.2, -0.15) is 0 Å². The standard InChI is InChI=1S/C10H8N2/c1-3-8-4-6-11-10-9(8)5-7-12(10)2/h1,4-7H,2H3. The third-order valence-electron chi connectivity index (χ3n) is 1.92. The van der Waals surface area contributed by atoms with Gasteiger partial charge in [-0.25, -0.2) is 4.98 Å². The zero-order chi connectivity index (χ0) is 8.55. The lowest BCUT2D eigenvalue weighted by molar-refractivity contribution is 0.948. The largest absolute Gasteiger partial charge is 0.336 e. The molecule has 0 amide bonds. The monoisotopic (exact) mass is 156 g/mol. The van der Waals surface area contributed by atoms with Gasteiger partial charge in [0.25, 0.3) is 0 Å². The Hall–Kier alpha value is -1.75. The highest BCUT2D eigenvalue weighted by molar-refractivity contribution is 5.82. The molecule has 2 rings (SSSR count). The van der Waals surface area contributed by atoms with E-state index in [9.17, 15) is 0 Å². The zero-order valence-electron chi connectivity index (χ0n) is 6.78. The van der Waals surface area contributed by atoms with Crippen molar-refractivity contribution in [3.8, 4) is 12.3 Å². The summed E-state index contributed by atoms with van der Waals surface area (Å²) in [7, 11) is 1.95. The molecule has 2 heterocycles. The van der Waals surface area contributed by atoms with E-state index in [-0.39, 0.29) is 0 Å². The van der Waals surface area contributed by atoms with Gasteiger partial charge in [-0.1, -0.05) is 5.92 Å². The van der Waals surface area contributed by atoms with E-state index in [2.05, 4.69) is 10.9 Å². The Morgan fingerprint density at radius 3 is 3.08 bits per heavy atom. The van der Waals surface area contributed by atoms with Crippen molar-refractivity contribution in [3.05, 3.63) is 30.1 Å². The molecule has 0 aliphatic rings. The average molecular weight is 156 g/mol. The van der Waals surface area contributed by atoms with E-state index in [0.717, 1.165) is 16.6 Å². The number of aromatic nitrogens is 2. The zero-order valence-corrected chi connectivity index (χ0v) is 6.78. The first-order valence-corrected chi connectivity index (χ1v) is 3.69. The summed E-state index contributed by atoms with van der Waals surface area (Å²) < 4.78 is 1.95. The van der Waals surface area contributed by atoms with Crippen LogP contribution in [-0.2, 0) is 7.05 Å². The molecule has 0 bridgehead atoms. The van der Waals surface area contributed by atoms with E-state index in [1.807, 2.05) is 29.9 Å². The SMILES string of the molecule is C#Cc1ccnc2c1ccn2C. The molecule has 2 aromatic heterocycles. The van der Waals surface area contributed by atoms with Crippen molar-refractivity contribution in [2.24, 2.45) is 7.05 Å². The molecule has 0 unspecified atom stereocenters. The number of pyridine rings is 1. The highest BCUT2D eigenvalue weighted by Crippen LogP contribution is 2.15. The van der Waals surface area contributed by atoms with Gasteiger partial charge in [-0.05, 0) is 12.1 Å². The van der Waals surface area contributed by atoms with Gasteiger partial charge in [0.15, 0.2) is 0 Å². The second-order valence-electron chi connectivity index (χ2n) is 2.67. The smallest absolute Gasteiger partial charge is 0.140 e. The van der Waals surface area contributed by atoms with Crippen LogP contribution in [0.3, 0.4) is 0 Å². The lowest BCUT2D eigenvalue weighted by Crippen LogP contribution is -1.87. The number of rotatable bonds is 0. The number of aryl methyl sites for hydroxylation is 1. The summed E-state index contributed by atoms with van der Waals surface area (Å²) in [6, 6.07) is 3.83. The number of hydrogen-bond acceptors (Lipinski definition) is 1. The van der Waals surface area contributed by atoms with Gasteiger partial charge in [0.1, 0.15) is 5.65 Å². The quantitative estimate of drug-likeness (QED) is 0.529. The summed E-state index contributed by atoms with van der Waals surface area (Å²) in [5.41, 5.74) is 1.84. The van der Waals surface area contributed by atoms with Gasteiger partial charge in [-0.3, -0.25) is 0 Å². The fourth-order valence-electron chi connectivity index (χ4n) is 1.29. The number of hydrogen-bond donors (Lipinski definition) is 0. The van der Waals surface area contributed by atoms with E-state index < -0.39 is 0 Å². The van der Waals surface area contributed by atoms with Crippen molar-refractivity contribution in [2.45, 2.75) is 0 Å². The molecule has 0 aromatic carbocycles. The van der Waals surface area contributed by atoms with Crippen molar-refractivity contribution < 1.29 is 0 Å².